The molecule has 0 bridgehead atoms. The molecule has 1 aliphatic rings. The minimum atomic E-state index is -0.512. The fourth-order valence-corrected chi connectivity index (χ4v) is 3.46. The van der Waals surface area contributed by atoms with Crippen molar-refractivity contribution in [1.29, 1.82) is 0 Å². The molecule has 1 aromatic heterocycles. The molecule has 1 saturated heterocycles. The van der Waals surface area contributed by atoms with Crippen molar-refractivity contribution in [3.05, 3.63) is 35.5 Å². The highest BCUT2D eigenvalue weighted by atomic mass is 32.1. The molecule has 1 atom stereocenters. The van der Waals surface area contributed by atoms with Crippen molar-refractivity contribution in [2.24, 2.45) is 5.73 Å². The van der Waals surface area contributed by atoms with Gasteiger partial charge in [0.15, 0.2) is 0 Å². The van der Waals surface area contributed by atoms with E-state index < -0.39 is 5.91 Å². The van der Waals surface area contributed by atoms with E-state index in [0.29, 0.717) is 11.3 Å². The van der Waals surface area contributed by atoms with E-state index in [1.54, 1.807) is 18.2 Å². The average Bonchev–Trinajstić information content (AvgIpc) is 2.87. The lowest BCUT2D eigenvalue weighted by Crippen LogP contribution is -2.37. The lowest BCUT2D eigenvalue weighted by molar-refractivity contribution is -0.121. The van der Waals surface area contributed by atoms with E-state index in [2.05, 4.69) is 20.3 Å². The molecule has 0 saturated carbocycles. The molecule has 0 unspecified atom stereocenters. The normalized spacial score (nSPS) is 17.5. The molecule has 1 fully saturated rings. The van der Waals surface area contributed by atoms with Gasteiger partial charge in [0.2, 0.25) is 5.91 Å². The standard InChI is InChI=1S/C17H21N5O2S/c1-10-8-15(25-22-10)21-14-9-11(5-6-12(14)16(18)23)20-13-4-2-3-7-19-17(13)24/h5-6,8-9,13,20-21H,2-4,7H2,1H3,(H2,18,23)(H,19,24)/t13-/m1/s1. The zero-order valence-corrected chi connectivity index (χ0v) is 14.8. The number of primary amides is 1. The van der Waals surface area contributed by atoms with Crippen LogP contribution in [-0.2, 0) is 4.79 Å². The first-order valence-corrected chi connectivity index (χ1v) is 8.99. The Labute approximate surface area is 150 Å². The predicted octanol–water partition coefficient (Wildman–Crippen LogP) is 2.37. The molecule has 8 heteroatoms. The van der Waals surface area contributed by atoms with Gasteiger partial charge in [-0.15, -0.1) is 0 Å². The molecule has 132 valence electrons. The van der Waals surface area contributed by atoms with Crippen LogP contribution in [0.5, 0.6) is 0 Å². The number of carbonyl (C=O) groups excluding carboxylic acids is 2. The van der Waals surface area contributed by atoms with Crippen LogP contribution in [0.3, 0.4) is 0 Å². The molecular formula is C17H21N5O2S. The van der Waals surface area contributed by atoms with Crippen LogP contribution in [0.4, 0.5) is 16.4 Å². The van der Waals surface area contributed by atoms with E-state index in [1.807, 2.05) is 13.0 Å². The van der Waals surface area contributed by atoms with E-state index >= 15 is 0 Å². The Bertz CT molecular complexity index is 789. The number of benzene rings is 1. The third-order valence-electron chi connectivity index (χ3n) is 4.05. The van der Waals surface area contributed by atoms with Crippen molar-refractivity contribution in [3.63, 3.8) is 0 Å². The summed E-state index contributed by atoms with van der Waals surface area (Å²) in [5.41, 5.74) is 8.12. The molecule has 5 N–H and O–H groups in total. The van der Waals surface area contributed by atoms with Crippen molar-refractivity contribution >= 4 is 39.7 Å². The van der Waals surface area contributed by atoms with Gasteiger partial charge in [-0.05, 0) is 62.0 Å². The van der Waals surface area contributed by atoms with Gasteiger partial charge in [0, 0.05) is 12.2 Å². The van der Waals surface area contributed by atoms with Crippen LogP contribution in [-0.4, -0.2) is 28.8 Å². The summed E-state index contributed by atoms with van der Waals surface area (Å²) < 4.78 is 4.22. The van der Waals surface area contributed by atoms with Gasteiger partial charge in [0.25, 0.3) is 5.91 Å². The number of carbonyl (C=O) groups is 2. The zero-order chi connectivity index (χ0) is 17.8. The highest BCUT2D eigenvalue weighted by molar-refractivity contribution is 7.10. The number of nitrogens with zero attached hydrogens (tertiary/aromatic N) is 1. The Kier molecular flexibility index (Phi) is 5.18. The van der Waals surface area contributed by atoms with Gasteiger partial charge in [-0.2, -0.15) is 4.37 Å². The predicted molar refractivity (Wildman–Crippen MR) is 99.4 cm³/mol. The lowest BCUT2D eigenvalue weighted by Gasteiger charge is -2.18. The number of hydrogen-bond acceptors (Lipinski definition) is 6. The number of aromatic nitrogens is 1. The minimum absolute atomic E-state index is 0.00377. The number of nitrogens with one attached hydrogen (secondary N) is 3. The molecule has 2 amide bonds. The summed E-state index contributed by atoms with van der Waals surface area (Å²) in [4.78, 5) is 23.8. The second kappa shape index (κ2) is 7.52. The van der Waals surface area contributed by atoms with E-state index in [-0.39, 0.29) is 11.9 Å². The largest absolute Gasteiger partial charge is 0.374 e. The lowest BCUT2D eigenvalue weighted by atomic mass is 10.1. The van der Waals surface area contributed by atoms with Crippen LogP contribution in [0.15, 0.2) is 24.3 Å². The fourth-order valence-electron chi connectivity index (χ4n) is 2.79. The van der Waals surface area contributed by atoms with E-state index in [1.165, 1.54) is 11.5 Å². The maximum atomic E-state index is 12.1. The van der Waals surface area contributed by atoms with Crippen LogP contribution in [0.2, 0.25) is 0 Å². The van der Waals surface area contributed by atoms with Crippen LogP contribution in [0.1, 0.15) is 35.3 Å². The molecule has 0 aliphatic carbocycles. The van der Waals surface area contributed by atoms with Gasteiger partial charge in [-0.1, -0.05) is 0 Å². The number of rotatable bonds is 5. The Morgan fingerprint density at radius 1 is 1.36 bits per heavy atom. The summed E-state index contributed by atoms with van der Waals surface area (Å²) in [7, 11) is 0. The number of amides is 2. The van der Waals surface area contributed by atoms with E-state index in [0.717, 1.165) is 42.2 Å². The third kappa shape index (κ3) is 4.27. The van der Waals surface area contributed by atoms with Crippen molar-refractivity contribution in [1.82, 2.24) is 9.69 Å². The van der Waals surface area contributed by atoms with Crippen molar-refractivity contribution in [2.75, 3.05) is 17.2 Å². The van der Waals surface area contributed by atoms with Gasteiger partial charge in [0.05, 0.1) is 16.9 Å². The minimum Gasteiger partial charge on any atom is -0.374 e. The van der Waals surface area contributed by atoms with E-state index in [4.69, 9.17) is 5.73 Å². The van der Waals surface area contributed by atoms with Crippen LogP contribution >= 0.6 is 11.5 Å². The maximum absolute atomic E-state index is 12.1. The second-order valence-corrected chi connectivity index (χ2v) is 6.87. The van der Waals surface area contributed by atoms with Crippen molar-refractivity contribution < 1.29 is 9.59 Å². The molecule has 7 nitrogen and oxygen atoms in total. The average molecular weight is 359 g/mol. The number of hydrogen-bond donors (Lipinski definition) is 4. The highest BCUT2D eigenvalue weighted by Gasteiger charge is 2.21. The Hall–Kier alpha value is -2.61. The zero-order valence-electron chi connectivity index (χ0n) is 14.0. The van der Waals surface area contributed by atoms with Crippen molar-refractivity contribution in [3.8, 4) is 0 Å². The second-order valence-electron chi connectivity index (χ2n) is 6.07. The number of anilines is 3. The fraction of sp³-hybridized carbons (Fsp3) is 0.353. The van der Waals surface area contributed by atoms with Crippen LogP contribution < -0.4 is 21.7 Å². The Morgan fingerprint density at radius 3 is 2.92 bits per heavy atom. The first-order valence-electron chi connectivity index (χ1n) is 8.21. The molecule has 2 heterocycles. The Balaban J connectivity index is 1.84. The van der Waals surface area contributed by atoms with Crippen LogP contribution in [0, 0.1) is 6.92 Å². The summed E-state index contributed by atoms with van der Waals surface area (Å²) in [6.07, 6.45) is 2.75. The first kappa shape index (κ1) is 17.2. The van der Waals surface area contributed by atoms with Gasteiger partial charge < -0.3 is 21.7 Å². The Morgan fingerprint density at radius 2 is 2.20 bits per heavy atom. The summed E-state index contributed by atoms with van der Waals surface area (Å²) in [5.74, 6) is -0.508. The maximum Gasteiger partial charge on any atom is 0.250 e. The summed E-state index contributed by atoms with van der Waals surface area (Å²) in [6, 6.07) is 6.85. The van der Waals surface area contributed by atoms with Gasteiger partial charge in [-0.25, -0.2) is 0 Å². The highest BCUT2D eigenvalue weighted by Crippen LogP contribution is 2.28. The van der Waals surface area contributed by atoms with Crippen LogP contribution in [0.25, 0.3) is 0 Å². The van der Waals surface area contributed by atoms with Gasteiger partial charge in [-0.3, -0.25) is 9.59 Å². The monoisotopic (exact) mass is 359 g/mol. The quantitative estimate of drug-likeness (QED) is 0.655. The first-order chi connectivity index (χ1) is 12.0. The molecule has 1 aromatic carbocycles. The number of aryl methyl sites for hydroxylation is 1. The SMILES string of the molecule is Cc1cc(Nc2cc(N[C@@H]3CCCCNC3=O)ccc2C(N)=O)sn1. The molecule has 3 rings (SSSR count). The molecule has 1 aliphatic heterocycles. The molecular weight excluding hydrogens is 338 g/mol. The summed E-state index contributed by atoms with van der Waals surface area (Å²) in [6.45, 7) is 2.62. The topological polar surface area (TPSA) is 109 Å². The van der Waals surface area contributed by atoms with Gasteiger partial charge >= 0.3 is 0 Å². The summed E-state index contributed by atoms with van der Waals surface area (Å²) in [5, 5.41) is 10.2. The number of nitrogens with two attached hydrogens (primary N) is 1. The van der Waals surface area contributed by atoms with Crippen molar-refractivity contribution in [2.45, 2.75) is 32.2 Å². The molecule has 25 heavy (non-hydrogen) atoms. The smallest absolute Gasteiger partial charge is 0.250 e. The summed E-state index contributed by atoms with van der Waals surface area (Å²) >= 11 is 1.31. The molecule has 0 spiro atoms. The van der Waals surface area contributed by atoms with E-state index in [9.17, 15) is 9.59 Å². The van der Waals surface area contributed by atoms with Gasteiger partial charge in [0.1, 0.15) is 11.0 Å². The third-order valence-corrected chi connectivity index (χ3v) is 4.84. The molecule has 0 radical (unpaired) electrons. The molecule has 2 aromatic rings.